The lowest BCUT2D eigenvalue weighted by molar-refractivity contribution is -0.123. The van der Waals surface area contributed by atoms with Gasteiger partial charge in [-0.3, -0.25) is 10.1 Å². The van der Waals surface area contributed by atoms with Crippen molar-refractivity contribution in [3.63, 3.8) is 0 Å². The van der Waals surface area contributed by atoms with Crippen LogP contribution in [0.3, 0.4) is 0 Å². The molecule has 0 aliphatic rings. The molecule has 3 amide bonds. The lowest BCUT2D eigenvalue weighted by Crippen LogP contribution is -2.44. The zero-order valence-electron chi connectivity index (χ0n) is 12.3. The van der Waals surface area contributed by atoms with Gasteiger partial charge in [0, 0.05) is 18.0 Å². The van der Waals surface area contributed by atoms with Crippen LogP contribution in [0.5, 0.6) is 0 Å². The molecule has 9 heteroatoms. The third kappa shape index (κ3) is 6.35. The summed E-state index contributed by atoms with van der Waals surface area (Å²) in [6.07, 6.45) is 1.66. The SMILES string of the molecule is C=CCNc1nc(C(=O)OCC(=O)NC(=O)NC(C)C)cs1. The average molecular weight is 326 g/mol. The molecule has 0 atom stereocenters. The van der Waals surface area contributed by atoms with Gasteiger partial charge in [0.2, 0.25) is 0 Å². The Bertz CT molecular complexity index is 556. The number of esters is 1. The van der Waals surface area contributed by atoms with Gasteiger partial charge in [0.05, 0.1) is 0 Å². The quantitative estimate of drug-likeness (QED) is 0.512. The minimum absolute atomic E-state index is 0.0935. The molecule has 0 aliphatic carbocycles. The number of anilines is 1. The van der Waals surface area contributed by atoms with Gasteiger partial charge < -0.3 is 15.4 Å². The predicted octanol–water partition coefficient (Wildman–Crippen LogP) is 1.13. The number of carbonyl (C=O) groups is 3. The number of nitrogens with one attached hydrogen (secondary N) is 3. The molecule has 1 aromatic rings. The molecule has 1 heterocycles. The van der Waals surface area contributed by atoms with Gasteiger partial charge >= 0.3 is 12.0 Å². The van der Waals surface area contributed by atoms with Gasteiger partial charge in [-0.15, -0.1) is 17.9 Å². The molecule has 0 aromatic carbocycles. The van der Waals surface area contributed by atoms with E-state index in [-0.39, 0.29) is 11.7 Å². The Morgan fingerprint density at radius 1 is 1.45 bits per heavy atom. The largest absolute Gasteiger partial charge is 0.451 e. The topological polar surface area (TPSA) is 109 Å². The molecule has 120 valence electrons. The molecule has 0 bridgehead atoms. The molecular formula is C13H18N4O4S. The van der Waals surface area contributed by atoms with Crippen LogP contribution in [0.25, 0.3) is 0 Å². The second kappa shape index (κ2) is 8.78. The second-order valence-electron chi connectivity index (χ2n) is 4.46. The van der Waals surface area contributed by atoms with E-state index in [1.165, 1.54) is 16.7 Å². The van der Waals surface area contributed by atoms with Crippen molar-refractivity contribution in [2.45, 2.75) is 19.9 Å². The zero-order chi connectivity index (χ0) is 16.5. The average Bonchev–Trinajstić information content (AvgIpc) is 2.90. The lowest BCUT2D eigenvalue weighted by atomic mass is 10.4. The summed E-state index contributed by atoms with van der Waals surface area (Å²) in [7, 11) is 0. The highest BCUT2D eigenvalue weighted by Crippen LogP contribution is 2.15. The van der Waals surface area contributed by atoms with E-state index in [0.717, 1.165) is 0 Å². The predicted molar refractivity (Wildman–Crippen MR) is 82.9 cm³/mol. The molecule has 1 aromatic heterocycles. The highest BCUT2D eigenvalue weighted by Gasteiger charge is 2.15. The number of imide groups is 1. The number of thiazole rings is 1. The van der Waals surface area contributed by atoms with Gasteiger partial charge in [0.25, 0.3) is 5.91 Å². The highest BCUT2D eigenvalue weighted by molar-refractivity contribution is 7.13. The third-order valence-corrected chi connectivity index (χ3v) is 2.92. The van der Waals surface area contributed by atoms with Crippen LogP contribution < -0.4 is 16.0 Å². The first-order valence-electron chi connectivity index (χ1n) is 6.50. The van der Waals surface area contributed by atoms with Gasteiger partial charge in [-0.25, -0.2) is 14.6 Å². The summed E-state index contributed by atoms with van der Waals surface area (Å²) in [4.78, 5) is 38.4. The summed E-state index contributed by atoms with van der Waals surface area (Å²) in [5.74, 6) is -1.45. The molecule has 1 rings (SSSR count). The summed E-state index contributed by atoms with van der Waals surface area (Å²) in [5.41, 5.74) is 0.0935. The second-order valence-corrected chi connectivity index (χ2v) is 5.32. The van der Waals surface area contributed by atoms with Gasteiger partial charge in [-0.05, 0) is 13.8 Å². The number of ether oxygens (including phenoxy) is 1. The normalized spacial score (nSPS) is 9.95. The van der Waals surface area contributed by atoms with Crippen LogP contribution in [0.15, 0.2) is 18.0 Å². The minimum atomic E-state index is -0.734. The summed E-state index contributed by atoms with van der Waals surface area (Å²) < 4.78 is 4.78. The Morgan fingerprint density at radius 3 is 2.82 bits per heavy atom. The fourth-order valence-corrected chi connectivity index (χ4v) is 1.96. The molecule has 22 heavy (non-hydrogen) atoms. The van der Waals surface area contributed by atoms with Crippen molar-refractivity contribution in [2.75, 3.05) is 18.5 Å². The molecule has 8 nitrogen and oxygen atoms in total. The van der Waals surface area contributed by atoms with Crippen LogP contribution in [-0.2, 0) is 9.53 Å². The number of carbonyl (C=O) groups excluding carboxylic acids is 3. The molecular weight excluding hydrogens is 308 g/mol. The van der Waals surface area contributed by atoms with E-state index in [4.69, 9.17) is 4.74 Å². The van der Waals surface area contributed by atoms with Crippen LogP contribution in [0.2, 0.25) is 0 Å². The van der Waals surface area contributed by atoms with Gasteiger partial charge in [-0.1, -0.05) is 6.08 Å². The molecule has 0 unspecified atom stereocenters. The maximum Gasteiger partial charge on any atom is 0.358 e. The van der Waals surface area contributed by atoms with Crippen molar-refractivity contribution < 1.29 is 19.1 Å². The van der Waals surface area contributed by atoms with Crippen molar-refractivity contribution in [1.82, 2.24) is 15.6 Å². The van der Waals surface area contributed by atoms with Gasteiger partial charge in [0.15, 0.2) is 17.4 Å². The maximum absolute atomic E-state index is 11.7. The standard InChI is InChI=1S/C13H18N4O4S/c1-4-5-14-13-16-9(7-22-13)11(19)21-6-10(18)17-12(20)15-8(2)3/h4,7-8H,1,5-6H2,2-3H3,(H,14,16)(H2,15,17,18,20). The lowest BCUT2D eigenvalue weighted by Gasteiger charge is -2.09. The number of nitrogens with zero attached hydrogens (tertiary/aromatic N) is 1. The third-order valence-electron chi connectivity index (χ3n) is 2.12. The van der Waals surface area contributed by atoms with E-state index in [9.17, 15) is 14.4 Å². The number of urea groups is 1. The van der Waals surface area contributed by atoms with E-state index in [0.29, 0.717) is 11.7 Å². The molecule has 0 spiro atoms. The minimum Gasteiger partial charge on any atom is -0.451 e. The molecule has 0 radical (unpaired) electrons. The molecule has 0 aliphatic heterocycles. The Labute approximate surface area is 131 Å². The van der Waals surface area contributed by atoms with E-state index < -0.39 is 24.5 Å². The first kappa shape index (κ1) is 17.6. The smallest absolute Gasteiger partial charge is 0.358 e. The number of amides is 3. The summed E-state index contributed by atoms with van der Waals surface area (Å²) in [6, 6.07) is -0.743. The zero-order valence-corrected chi connectivity index (χ0v) is 13.2. The number of hydrogen-bond acceptors (Lipinski definition) is 7. The van der Waals surface area contributed by atoms with Gasteiger partial charge in [-0.2, -0.15) is 0 Å². The Hall–Kier alpha value is -2.42. The molecule has 0 saturated heterocycles. The van der Waals surface area contributed by atoms with Crippen LogP contribution >= 0.6 is 11.3 Å². The van der Waals surface area contributed by atoms with Crippen LogP contribution in [0.4, 0.5) is 9.93 Å². The van der Waals surface area contributed by atoms with Crippen molar-refractivity contribution in [3.8, 4) is 0 Å². The monoisotopic (exact) mass is 326 g/mol. The Morgan fingerprint density at radius 2 is 2.18 bits per heavy atom. The van der Waals surface area contributed by atoms with Crippen LogP contribution in [0, 0.1) is 0 Å². The first-order valence-corrected chi connectivity index (χ1v) is 7.38. The summed E-state index contributed by atoms with van der Waals surface area (Å²) >= 11 is 1.23. The number of rotatable bonds is 7. The van der Waals surface area contributed by atoms with Crippen molar-refractivity contribution in [3.05, 3.63) is 23.7 Å². The molecule has 0 saturated carbocycles. The van der Waals surface area contributed by atoms with E-state index in [1.807, 2.05) is 5.32 Å². The van der Waals surface area contributed by atoms with Crippen molar-refractivity contribution in [2.24, 2.45) is 0 Å². The first-order chi connectivity index (χ1) is 10.4. The summed E-state index contributed by atoms with van der Waals surface area (Å²) in [6.45, 7) is 7.03. The van der Waals surface area contributed by atoms with Crippen LogP contribution in [-0.4, -0.2) is 42.1 Å². The van der Waals surface area contributed by atoms with E-state index in [2.05, 4.69) is 22.2 Å². The Kier molecular flexibility index (Phi) is 7.03. The molecule has 3 N–H and O–H groups in total. The van der Waals surface area contributed by atoms with Crippen molar-refractivity contribution >= 4 is 34.4 Å². The fourth-order valence-electron chi connectivity index (χ4n) is 1.27. The van der Waals surface area contributed by atoms with E-state index >= 15 is 0 Å². The number of hydrogen-bond donors (Lipinski definition) is 3. The van der Waals surface area contributed by atoms with E-state index in [1.54, 1.807) is 19.9 Å². The molecule has 0 fully saturated rings. The van der Waals surface area contributed by atoms with Crippen molar-refractivity contribution in [1.29, 1.82) is 0 Å². The Balaban J connectivity index is 2.38. The fraction of sp³-hybridized carbons (Fsp3) is 0.385. The van der Waals surface area contributed by atoms with Gasteiger partial charge in [0.1, 0.15) is 0 Å². The highest BCUT2D eigenvalue weighted by atomic mass is 32.1. The summed E-state index contributed by atoms with van der Waals surface area (Å²) in [5, 5.41) is 9.51. The van der Waals surface area contributed by atoms with Crippen LogP contribution in [0.1, 0.15) is 24.3 Å². The maximum atomic E-state index is 11.7. The number of aromatic nitrogens is 1.